The molecule has 0 N–H and O–H groups in total. The molecule has 0 aromatic rings. The first-order valence-corrected chi connectivity index (χ1v) is 1.79. The van der Waals surface area contributed by atoms with E-state index >= 15 is 0 Å². The second-order valence-corrected chi connectivity index (χ2v) is 2.68. The molecule has 0 amide bonds. The van der Waals surface area contributed by atoms with E-state index in [0.29, 0.717) is 0 Å². The minimum Gasteiger partial charge on any atom is -0.333 e. The molecular weight excluding hydrogens is 163 g/mol. The summed E-state index contributed by atoms with van der Waals surface area (Å²) in [6, 6.07) is 0. The largest absolute Gasteiger partial charge is 3.00 e. The molecule has 37 valence electrons. The maximum absolute atomic E-state index is 2.12. The van der Waals surface area contributed by atoms with Crippen molar-refractivity contribution in [2.45, 2.75) is 0 Å². The molecule has 0 atom stereocenters. The average Bonchev–Trinajstić information content (AvgIpc) is 0.722. The van der Waals surface area contributed by atoms with Gasteiger partial charge in [-0.2, -0.15) is 0 Å². The van der Waals surface area contributed by atoms with Crippen LogP contribution in [0.5, 0.6) is 0 Å². The Balaban J connectivity index is 0. The predicted octanol–water partition coefficient (Wildman–Crippen LogP) is 0.320. The molecule has 0 heterocycles. The molecule has 0 bridgehead atoms. The van der Waals surface area contributed by atoms with Gasteiger partial charge < -0.3 is 4.48 Å². The Labute approximate surface area is 52.7 Å². The van der Waals surface area contributed by atoms with Gasteiger partial charge in [0.1, 0.15) is 0 Å². The van der Waals surface area contributed by atoms with E-state index in [9.17, 15) is 0 Å². The van der Waals surface area contributed by atoms with Gasteiger partial charge in [-0.1, -0.05) is 0 Å². The second-order valence-electron chi connectivity index (χ2n) is 2.68. The molecule has 0 aromatic carbocycles. The predicted molar refractivity (Wildman–Crippen MR) is 24.0 cm³/mol. The SMILES string of the molecule is C[N+](C)(C)C.[Ru+3]. The van der Waals surface area contributed by atoms with E-state index in [4.69, 9.17) is 0 Å². The molecular formula is C4H12NRu+4. The van der Waals surface area contributed by atoms with Gasteiger partial charge in [0.15, 0.2) is 0 Å². The van der Waals surface area contributed by atoms with Crippen LogP contribution in [0.15, 0.2) is 0 Å². The fraction of sp³-hybridized carbons (Fsp3) is 1.00. The van der Waals surface area contributed by atoms with Crippen molar-refractivity contribution in [2.75, 3.05) is 28.2 Å². The van der Waals surface area contributed by atoms with Gasteiger partial charge in [-0.05, 0) is 0 Å². The van der Waals surface area contributed by atoms with E-state index < -0.39 is 0 Å². The summed E-state index contributed by atoms with van der Waals surface area (Å²) in [5, 5.41) is 0. The quantitative estimate of drug-likeness (QED) is 0.367. The van der Waals surface area contributed by atoms with Crippen LogP contribution in [0.3, 0.4) is 0 Å². The van der Waals surface area contributed by atoms with Crippen molar-refractivity contribution in [1.82, 2.24) is 0 Å². The van der Waals surface area contributed by atoms with Crippen LogP contribution in [0, 0.1) is 0 Å². The molecule has 0 spiro atoms. The maximum atomic E-state index is 2.12. The van der Waals surface area contributed by atoms with Crippen molar-refractivity contribution in [3.8, 4) is 0 Å². The minimum absolute atomic E-state index is 0. The van der Waals surface area contributed by atoms with Crippen LogP contribution in [-0.4, -0.2) is 32.7 Å². The third-order valence-electron chi connectivity index (χ3n) is 0. The van der Waals surface area contributed by atoms with E-state index in [0.717, 1.165) is 4.48 Å². The molecule has 1 radical (unpaired) electrons. The number of nitrogens with zero attached hydrogens (tertiary/aromatic N) is 1. The molecule has 0 aliphatic carbocycles. The van der Waals surface area contributed by atoms with Crippen LogP contribution < -0.4 is 0 Å². The first kappa shape index (κ1) is 9.77. The van der Waals surface area contributed by atoms with Crippen LogP contribution in [0.1, 0.15) is 0 Å². The summed E-state index contributed by atoms with van der Waals surface area (Å²) in [5.41, 5.74) is 0. The van der Waals surface area contributed by atoms with Gasteiger partial charge >= 0.3 is 19.5 Å². The third kappa shape index (κ3) is 173. The number of quaternary nitrogens is 1. The molecule has 1 nitrogen and oxygen atoms in total. The third-order valence-corrected chi connectivity index (χ3v) is 0. The Morgan fingerprint density at radius 1 is 0.833 bits per heavy atom. The minimum atomic E-state index is 0. The molecule has 0 rings (SSSR count). The zero-order chi connectivity index (χ0) is 4.50. The zero-order valence-electron chi connectivity index (χ0n) is 4.80. The molecule has 0 saturated carbocycles. The molecule has 0 saturated heterocycles. The van der Waals surface area contributed by atoms with Gasteiger partial charge in [0.25, 0.3) is 0 Å². The van der Waals surface area contributed by atoms with E-state index in [1.165, 1.54) is 0 Å². The molecule has 0 unspecified atom stereocenters. The smallest absolute Gasteiger partial charge is 0.333 e. The van der Waals surface area contributed by atoms with Crippen LogP contribution >= 0.6 is 0 Å². The van der Waals surface area contributed by atoms with Crippen molar-refractivity contribution in [1.29, 1.82) is 0 Å². The summed E-state index contributed by atoms with van der Waals surface area (Å²) in [6.45, 7) is 0. The van der Waals surface area contributed by atoms with Crippen LogP contribution in [0.25, 0.3) is 0 Å². The summed E-state index contributed by atoms with van der Waals surface area (Å²) in [4.78, 5) is 0. The maximum Gasteiger partial charge on any atom is 3.00 e. The molecule has 2 heteroatoms. The van der Waals surface area contributed by atoms with Gasteiger partial charge in [0.2, 0.25) is 0 Å². The summed E-state index contributed by atoms with van der Waals surface area (Å²) < 4.78 is 1.00. The Kier molecular flexibility index (Phi) is 4.41. The summed E-state index contributed by atoms with van der Waals surface area (Å²) >= 11 is 0. The standard InChI is InChI=1S/C4H12N.Ru/c1-5(2,3)4;/h1-4H3;/q+1;+3. The van der Waals surface area contributed by atoms with E-state index in [1.807, 2.05) is 0 Å². The van der Waals surface area contributed by atoms with Crippen molar-refractivity contribution in [3.05, 3.63) is 0 Å². The molecule has 0 aliphatic rings. The van der Waals surface area contributed by atoms with Gasteiger partial charge in [-0.15, -0.1) is 0 Å². The average molecular weight is 175 g/mol. The van der Waals surface area contributed by atoms with Gasteiger partial charge in [-0.3, -0.25) is 0 Å². The number of rotatable bonds is 0. The Bertz CT molecular complexity index is 23.0. The Morgan fingerprint density at radius 2 is 0.833 bits per heavy atom. The Hall–Kier alpha value is 0.583. The zero-order valence-corrected chi connectivity index (χ0v) is 6.54. The van der Waals surface area contributed by atoms with Gasteiger partial charge in [0, 0.05) is 0 Å². The van der Waals surface area contributed by atoms with Gasteiger partial charge in [0.05, 0.1) is 28.2 Å². The second kappa shape index (κ2) is 2.71. The van der Waals surface area contributed by atoms with Gasteiger partial charge in [-0.25, -0.2) is 0 Å². The van der Waals surface area contributed by atoms with Crippen LogP contribution in [0.4, 0.5) is 0 Å². The normalized spacial score (nSPS) is 10.0. The number of hydrogen-bond donors (Lipinski definition) is 0. The van der Waals surface area contributed by atoms with E-state index in [1.54, 1.807) is 0 Å². The van der Waals surface area contributed by atoms with Crippen molar-refractivity contribution in [2.24, 2.45) is 0 Å². The summed E-state index contributed by atoms with van der Waals surface area (Å²) in [5.74, 6) is 0. The fourth-order valence-corrected chi connectivity index (χ4v) is 0. The number of hydrogen-bond acceptors (Lipinski definition) is 0. The van der Waals surface area contributed by atoms with E-state index in [-0.39, 0.29) is 19.5 Å². The molecule has 0 aromatic heterocycles. The van der Waals surface area contributed by atoms with Crippen LogP contribution in [-0.2, 0) is 19.5 Å². The fourth-order valence-electron chi connectivity index (χ4n) is 0. The van der Waals surface area contributed by atoms with Crippen molar-refractivity contribution >= 4 is 0 Å². The van der Waals surface area contributed by atoms with Crippen molar-refractivity contribution < 1.29 is 24.0 Å². The van der Waals surface area contributed by atoms with Crippen LogP contribution in [0.2, 0.25) is 0 Å². The molecule has 6 heavy (non-hydrogen) atoms. The monoisotopic (exact) mass is 176 g/mol. The summed E-state index contributed by atoms with van der Waals surface area (Å²) in [7, 11) is 8.50. The molecule has 0 aliphatic heterocycles. The summed E-state index contributed by atoms with van der Waals surface area (Å²) in [6.07, 6.45) is 0. The molecule has 0 fully saturated rings. The van der Waals surface area contributed by atoms with E-state index in [2.05, 4.69) is 28.2 Å². The van der Waals surface area contributed by atoms with Crippen molar-refractivity contribution in [3.63, 3.8) is 0 Å². The Morgan fingerprint density at radius 3 is 0.833 bits per heavy atom. The topological polar surface area (TPSA) is 0 Å². The first-order valence-electron chi connectivity index (χ1n) is 1.79. The first-order chi connectivity index (χ1) is 2.00.